The van der Waals surface area contributed by atoms with Gasteiger partial charge >= 0.3 is 0 Å². The third-order valence-corrected chi connectivity index (χ3v) is 4.15. The van der Waals surface area contributed by atoms with Crippen molar-refractivity contribution in [2.45, 2.75) is 4.90 Å². The summed E-state index contributed by atoms with van der Waals surface area (Å²) in [6, 6.07) is 8.49. The molecule has 1 aliphatic rings. The van der Waals surface area contributed by atoms with Crippen molar-refractivity contribution < 1.29 is 0 Å². The first-order valence-electron chi connectivity index (χ1n) is 4.40. The molecule has 0 saturated carbocycles. The van der Waals surface area contributed by atoms with Crippen LogP contribution in [-0.2, 0) is 0 Å². The van der Waals surface area contributed by atoms with Crippen LogP contribution >= 0.6 is 10.5 Å². The van der Waals surface area contributed by atoms with E-state index in [-0.39, 0.29) is 0 Å². The lowest BCUT2D eigenvalue weighted by Gasteiger charge is -2.06. The Morgan fingerprint density at radius 3 is 2.92 bits per heavy atom. The highest BCUT2D eigenvalue weighted by molar-refractivity contribution is 8.15. The van der Waals surface area contributed by atoms with Gasteiger partial charge in [0.15, 0.2) is 0 Å². The van der Waals surface area contributed by atoms with Gasteiger partial charge in [0, 0.05) is 22.7 Å². The molecule has 0 aliphatic carbocycles. The zero-order valence-corrected chi connectivity index (χ0v) is 8.31. The minimum atomic E-state index is 0.291. The van der Waals surface area contributed by atoms with Gasteiger partial charge in [0.25, 0.3) is 0 Å². The maximum Gasteiger partial charge on any atom is 0.00982 e. The second-order valence-electron chi connectivity index (χ2n) is 2.95. The van der Waals surface area contributed by atoms with Crippen molar-refractivity contribution in [1.82, 2.24) is 5.32 Å². The molecule has 0 amide bonds. The molecule has 2 rings (SSSR count). The highest BCUT2D eigenvalue weighted by Crippen LogP contribution is 2.30. The van der Waals surface area contributed by atoms with Crippen LogP contribution in [-0.4, -0.2) is 17.8 Å². The topological polar surface area (TPSA) is 12.0 Å². The Morgan fingerprint density at radius 2 is 2.23 bits per heavy atom. The zero-order valence-electron chi connectivity index (χ0n) is 7.49. The van der Waals surface area contributed by atoms with Gasteiger partial charge in [0.05, 0.1) is 0 Å². The second kappa shape index (κ2) is 3.90. The van der Waals surface area contributed by atoms with Crippen LogP contribution in [0, 0.1) is 0 Å². The maximum atomic E-state index is 3.83. The molecular weight excluding hydrogens is 178 g/mol. The Morgan fingerprint density at radius 1 is 1.38 bits per heavy atom. The van der Waals surface area contributed by atoms with E-state index in [1.54, 1.807) is 0 Å². The van der Waals surface area contributed by atoms with Gasteiger partial charge in [-0.2, -0.15) is 0 Å². The average Bonchev–Trinajstić information content (AvgIpc) is 2.70. The van der Waals surface area contributed by atoms with Crippen molar-refractivity contribution in [2.75, 3.05) is 12.3 Å². The van der Waals surface area contributed by atoms with Crippen LogP contribution < -0.4 is 5.32 Å². The highest BCUT2D eigenvalue weighted by Gasteiger charge is 2.07. The summed E-state index contributed by atoms with van der Waals surface area (Å²) in [5.41, 5.74) is 3.48. The smallest absolute Gasteiger partial charge is 0.00982 e. The molecule has 68 valence electrons. The molecule has 13 heavy (non-hydrogen) atoms. The molecular formula is C11H13NS. The Balaban J connectivity index is 2.43. The number of hydrogen-bond donors (Lipinski definition) is 1. The van der Waals surface area contributed by atoms with Crippen LogP contribution in [0.15, 0.2) is 35.7 Å². The van der Waals surface area contributed by atoms with Gasteiger partial charge < -0.3 is 0 Å². The van der Waals surface area contributed by atoms with Crippen molar-refractivity contribution in [1.29, 1.82) is 0 Å². The van der Waals surface area contributed by atoms with E-state index < -0.39 is 0 Å². The van der Waals surface area contributed by atoms with E-state index in [9.17, 15) is 0 Å². The fraction of sp³-hybridized carbons (Fsp3) is 0.182. The Labute approximate surface area is 81.4 Å². The summed E-state index contributed by atoms with van der Waals surface area (Å²) in [6.07, 6.45) is 1.94. The first-order valence-corrected chi connectivity index (χ1v) is 5.85. The molecule has 0 aromatic heterocycles. The summed E-state index contributed by atoms with van der Waals surface area (Å²) < 4.78 is 0. The predicted molar refractivity (Wildman–Crippen MR) is 61.3 cm³/mol. The van der Waals surface area contributed by atoms with E-state index in [1.165, 1.54) is 16.2 Å². The van der Waals surface area contributed by atoms with Crippen LogP contribution in [0.2, 0.25) is 0 Å². The summed E-state index contributed by atoms with van der Waals surface area (Å²) in [6.45, 7) is 4.94. The quantitative estimate of drug-likeness (QED) is 0.707. The van der Waals surface area contributed by atoms with Crippen LogP contribution in [0.1, 0.15) is 5.56 Å². The molecule has 1 N–H and O–H groups in total. The largest absolute Gasteiger partial charge is 0.289 e. The molecule has 2 heteroatoms. The van der Waals surface area contributed by atoms with Crippen molar-refractivity contribution in [3.8, 4) is 0 Å². The maximum absolute atomic E-state index is 3.83. The number of hydrogen-bond acceptors (Lipinski definition) is 1. The normalized spacial score (nSPS) is 21.1. The van der Waals surface area contributed by atoms with Gasteiger partial charge in [-0.05, 0) is 11.6 Å². The fourth-order valence-corrected chi connectivity index (χ4v) is 3.28. The number of rotatable bonds is 2. The van der Waals surface area contributed by atoms with E-state index in [0.29, 0.717) is 10.5 Å². The molecule has 0 bridgehead atoms. The standard InChI is InChI=1S/C11H13NS/c1-2-10-5-3-4-6-11(10)13-8-7-12-9-13/h2-6,9,12H,1,7-8H2. The van der Waals surface area contributed by atoms with Crippen molar-refractivity contribution in [2.24, 2.45) is 0 Å². The average molecular weight is 191 g/mol. The molecule has 1 unspecified atom stereocenters. The first kappa shape index (κ1) is 8.73. The molecule has 1 nitrogen and oxygen atoms in total. The molecule has 0 fully saturated rings. The molecule has 0 spiro atoms. The van der Waals surface area contributed by atoms with Gasteiger partial charge in [-0.1, -0.05) is 30.9 Å². The lowest BCUT2D eigenvalue weighted by molar-refractivity contribution is 1.03. The van der Waals surface area contributed by atoms with E-state index >= 15 is 0 Å². The summed E-state index contributed by atoms with van der Waals surface area (Å²) >= 11 is 0. The first-order chi connectivity index (χ1) is 6.42. The van der Waals surface area contributed by atoms with Gasteiger partial charge in [0.2, 0.25) is 0 Å². The predicted octanol–water partition coefficient (Wildman–Crippen LogP) is 2.32. The van der Waals surface area contributed by atoms with Gasteiger partial charge in [-0.3, -0.25) is 5.32 Å². The monoisotopic (exact) mass is 191 g/mol. The lowest BCUT2D eigenvalue weighted by atomic mass is 10.2. The number of nitrogens with one attached hydrogen (secondary N) is 1. The van der Waals surface area contributed by atoms with Crippen LogP contribution in [0.5, 0.6) is 0 Å². The third kappa shape index (κ3) is 1.74. The summed E-state index contributed by atoms with van der Waals surface area (Å²) in [7, 11) is 0.291. The van der Waals surface area contributed by atoms with E-state index in [0.717, 1.165) is 6.54 Å². The van der Waals surface area contributed by atoms with Crippen LogP contribution in [0.3, 0.4) is 0 Å². The Bertz CT molecular complexity index is 355. The zero-order chi connectivity index (χ0) is 9.10. The van der Waals surface area contributed by atoms with E-state index in [1.807, 2.05) is 6.08 Å². The molecule has 1 heterocycles. The number of benzene rings is 1. The SMILES string of the molecule is C=Cc1ccccc1S1=CNCC1. The summed E-state index contributed by atoms with van der Waals surface area (Å²) in [5, 5.41) is 3.28. The van der Waals surface area contributed by atoms with Crippen molar-refractivity contribution in [3.63, 3.8) is 0 Å². The molecule has 1 atom stereocenters. The Hall–Kier alpha value is -0.860. The van der Waals surface area contributed by atoms with Crippen LogP contribution in [0.25, 0.3) is 6.08 Å². The highest BCUT2D eigenvalue weighted by atomic mass is 32.2. The van der Waals surface area contributed by atoms with Crippen molar-refractivity contribution >= 4 is 22.1 Å². The third-order valence-electron chi connectivity index (χ3n) is 2.11. The van der Waals surface area contributed by atoms with Gasteiger partial charge in [-0.25, -0.2) is 0 Å². The lowest BCUT2D eigenvalue weighted by Crippen LogP contribution is -2.04. The molecule has 0 radical (unpaired) electrons. The van der Waals surface area contributed by atoms with Crippen LogP contribution in [0.4, 0.5) is 0 Å². The van der Waals surface area contributed by atoms with E-state index in [4.69, 9.17) is 0 Å². The molecule has 1 aromatic carbocycles. The minimum absolute atomic E-state index is 0.291. The Kier molecular flexibility index (Phi) is 2.62. The van der Waals surface area contributed by atoms with E-state index in [2.05, 4.69) is 41.7 Å². The molecule has 1 aliphatic heterocycles. The summed E-state index contributed by atoms with van der Waals surface area (Å²) in [4.78, 5) is 1.42. The second-order valence-corrected chi connectivity index (χ2v) is 4.89. The molecule has 1 aromatic rings. The molecule has 0 saturated heterocycles. The van der Waals surface area contributed by atoms with Gasteiger partial charge in [0.1, 0.15) is 0 Å². The fourth-order valence-electron chi connectivity index (χ4n) is 1.45. The van der Waals surface area contributed by atoms with Crippen molar-refractivity contribution in [3.05, 3.63) is 36.4 Å². The minimum Gasteiger partial charge on any atom is -0.289 e. The summed E-state index contributed by atoms with van der Waals surface area (Å²) in [5.74, 6) is 1.23. The van der Waals surface area contributed by atoms with Gasteiger partial charge in [-0.15, -0.1) is 10.5 Å².